The highest BCUT2D eigenvalue weighted by Crippen LogP contribution is 2.42. The number of amides is 1. The van der Waals surface area contributed by atoms with Gasteiger partial charge in [-0.05, 0) is 43.3 Å². The average molecular weight is 624 g/mol. The minimum Gasteiger partial charge on any atom is -0.454 e. The summed E-state index contributed by atoms with van der Waals surface area (Å²) in [5.74, 6) is -5.57. The van der Waals surface area contributed by atoms with Crippen LogP contribution < -0.4 is 15.0 Å². The van der Waals surface area contributed by atoms with E-state index in [1.807, 2.05) is 0 Å². The van der Waals surface area contributed by atoms with Gasteiger partial charge in [0.25, 0.3) is 17.4 Å². The number of nitrogens with one attached hydrogen (secondary N) is 1. The number of piperidine rings is 1. The second-order valence-electron chi connectivity index (χ2n) is 9.85. The number of anilines is 1. The highest BCUT2D eigenvalue weighted by molar-refractivity contribution is 7.92. The second kappa shape index (κ2) is 11.1. The number of fused-ring (bicyclic) bond motifs is 1. The Morgan fingerprint density at radius 3 is 2.40 bits per heavy atom. The van der Waals surface area contributed by atoms with Gasteiger partial charge >= 0.3 is 0 Å². The molecular formula is C28H25F4N3O5S2. The number of hydrogen-bond acceptors (Lipinski definition) is 6. The lowest BCUT2D eigenvalue weighted by molar-refractivity contribution is -0.0493. The van der Waals surface area contributed by atoms with Gasteiger partial charge in [-0.2, -0.15) is 0 Å². The molecule has 42 heavy (non-hydrogen) atoms. The number of nitrogens with zero attached hydrogens (tertiary/aromatic N) is 2. The first-order valence-corrected chi connectivity index (χ1v) is 15.3. The molecule has 0 spiro atoms. The van der Waals surface area contributed by atoms with E-state index in [-0.39, 0.29) is 51.9 Å². The van der Waals surface area contributed by atoms with E-state index in [2.05, 4.69) is 4.72 Å². The van der Waals surface area contributed by atoms with Crippen LogP contribution in [0.3, 0.4) is 0 Å². The van der Waals surface area contributed by atoms with Gasteiger partial charge in [0.05, 0.1) is 20.7 Å². The van der Waals surface area contributed by atoms with E-state index in [4.69, 9.17) is 4.74 Å². The highest BCUT2D eigenvalue weighted by Gasteiger charge is 2.36. The largest absolute Gasteiger partial charge is 0.454 e. The van der Waals surface area contributed by atoms with Crippen LogP contribution in [0, 0.1) is 11.6 Å². The SMILES string of the molecule is CCS(=O)(=O)Nc1ccc(Oc2ccc(F)cc2F)c(-c2cn(C)c(=O)c3cc(C(=O)N4CCC(F)(F)CC4)sc23)c1. The van der Waals surface area contributed by atoms with Crippen molar-refractivity contribution in [2.45, 2.75) is 25.7 Å². The summed E-state index contributed by atoms with van der Waals surface area (Å²) < 4.78 is 89.8. The third-order valence-corrected chi connectivity index (χ3v) is 9.34. The molecule has 1 amide bonds. The molecule has 0 saturated carbocycles. The Balaban J connectivity index is 1.65. The summed E-state index contributed by atoms with van der Waals surface area (Å²) >= 11 is 0.977. The van der Waals surface area contributed by atoms with Gasteiger partial charge in [0, 0.05) is 62.1 Å². The predicted octanol–water partition coefficient (Wildman–Crippen LogP) is 5.97. The fourth-order valence-electron chi connectivity index (χ4n) is 4.56. The molecule has 14 heteroatoms. The molecule has 0 unspecified atom stereocenters. The van der Waals surface area contributed by atoms with Crippen LogP contribution in [0.25, 0.3) is 21.2 Å². The van der Waals surface area contributed by atoms with Crippen molar-refractivity contribution in [3.8, 4) is 22.6 Å². The summed E-state index contributed by atoms with van der Waals surface area (Å²) in [6.07, 6.45) is 0.549. The number of sulfonamides is 1. The molecule has 1 saturated heterocycles. The fraction of sp³-hybridized carbons (Fsp3) is 0.286. The number of rotatable bonds is 7. The molecule has 8 nitrogen and oxygen atoms in total. The number of hydrogen-bond donors (Lipinski definition) is 1. The van der Waals surface area contributed by atoms with Crippen molar-refractivity contribution in [1.29, 1.82) is 0 Å². The van der Waals surface area contributed by atoms with Crippen LogP contribution in [0.5, 0.6) is 11.5 Å². The maximum Gasteiger partial charge on any atom is 0.263 e. The lowest BCUT2D eigenvalue weighted by atomic mass is 10.0. The van der Waals surface area contributed by atoms with Crippen molar-refractivity contribution < 1.29 is 35.5 Å². The van der Waals surface area contributed by atoms with Gasteiger partial charge in [0.1, 0.15) is 11.6 Å². The lowest BCUT2D eigenvalue weighted by Gasteiger charge is -2.31. The van der Waals surface area contributed by atoms with Crippen LogP contribution in [0.4, 0.5) is 23.2 Å². The number of thiophene rings is 1. The molecule has 0 radical (unpaired) electrons. The van der Waals surface area contributed by atoms with Gasteiger partial charge in [0.15, 0.2) is 11.6 Å². The second-order valence-corrected chi connectivity index (χ2v) is 12.9. The number of halogens is 4. The number of aromatic nitrogens is 1. The van der Waals surface area contributed by atoms with E-state index >= 15 is 0 Å². The van der Waals surface area contributed by atoms with E-state index in [1.54, 1.807) is 0 Å². The van der Waals surface area contributed by atoms with Crippen molar-refractivity contribution in [3.05, 3.63) is 75.5 Å². The minimum absolute atomic E-state index is 0.0550. The van der Waals surface area contributed by atoms with Gasteiger partial charge in [-0.1, -0.05) is 0 Å². The molecule has 1 aliphatic rings. The molecule has 1 N–H and O–H groups in total. The molecular weight excluding hydrogens is 598 g/mol. The summed E-state index contributed by atoms with van der Waals surface area (Å²) in [5, 5.41) is 0.171. The zero-order valence-corrected chi connectivity index (χ0v) is 24.1. The zero-order valence-electron chi connectivity index (χ0n) is 22.4. The van der Waals surface area contributed by atoms with Crippen LogP contribution in [-0.2, 0) is 17.1 Å². The Morgan fingerprint density at radius 2 is 1.74 bits per heavy atom. The molecule has 222 valence electrons. The van der Waals surface area contributed by atoms with Crippen LogP contribution >= 0.6 is 11.3 Å². The zero-order chi connectivity index (χ0) is 30.4. The summed E-state index contributed by atoms with van der Waals surface area (Å²) in [6.45, 7) is 1.19. The number of alkyl halides is 2. The van der Waals surface area contributed by atoms with Crippen LogP contribution in [0.2, 0.25) is 0 Å². The first kappa shape index (κ1) is 29.6. The third kappa shape index (κ3) is 6.00. The quantitative estimate of drug-likeness (QED) is 0.256. The molecule has 4 aromatic rings. The number of ether oxygens (including phenoxy) is 1. The first-order chi connectivity index (χ1) is 19.8. The summed E-state index contributed by atoms with van der Waals surface area (Å²) in [7, 11) is -2.20. The summed E-state index contributed by atoms with van der Waals surface area (Å²) in [4.78, 5) is 27.8. The summed E-state index contributed by atoms with van der Waals surface area (Å²) in [5.41, 5.74) is 0.331. The molecule has 0 aliphatic carbocycles. The Kier molecular flexibility index (Phi) is 7.79. The molecule has 5 rings (SSSR count). The van der Waals surface area contributed by atoms with Crippen molar-refractivity contribution in [2.75, 3.05) is 23.6 Å². The highest BCUT2D eigenvalue weighted by atomic mass is 32.2. The topological polar surface area (TPSA) is 97.7 Å². The molecule has 1 aliphatic heterocycles. The number of pyridine rings is 1. The molecule has 2 aromatic heterocycles. The van der Waals surface area contributed by atoms with E-state index in [1.165, 1.54) is 53.9 Å². The molecule has 1 fully saturated rings. The molecule has 0 bridgehead atoms. The van der Waals surface area contributed by atoms with Crippen molar-refractivity contribution in [2.24, 2.45) is 7.05 Å². The Morgan fingerprint density at radius 1 is 1.05 bits per heavy atom. The number of likely N-dealkylation sites (tertiary alicyclic amines) is 1. The predicted molar refractivity (Wildman–Crippen MR) is 152 cm³/mol. The number of carbonyl (C=O) groups excluding carboxylic acids is 1. The maximum atomic E-state index is 14.5. The lowest BCUT2D eigenvalue weighted by Crippen LogP contribution is -2.42. The van der Waals surface area contributed by atoms with Gasteiger partial charge in [-0.25, -0.2) is 26.0 Å². The normalized spacial score (nSPS) is 15.1. The number of aryl methyl sites for hydroxylation is 1. The number of benzene rings is 2. The van der Waals surface area contributed by atoms with Gasteiger partial charge < -0.3 is 14.2 Å². The Hall–Kier alpha value is -3.91. The van der Waals surface area contributed by atoms with Gasteiger partial charge in [-0.3, -0.25) is 14.3 Å². The van der Waals surface area contributed by atoms with Crippen LogP contribution in [-0.4, -0.2) is 48.6 Å². The maximum absolute atomic E-state index is 14.5. The Labute approximate surface area is 242 Å². The molecule has 3 heterocycles. The van der Waals surface area contributed by atoms with Gasteiger partial charge in [-0.15, -0.1) is 11.3 Å². The van der Waals surface area contributed by atoms with Crippen LogP contribution in [0.1, 0.15) is 29.4 Å². The standard InChI is InChI=1S/C28H25F4N3O5S2/c1-3-42(38,39)33-17-5-7-22(40-23-6-4-16(29)12-21(23)30)18(13-17)20-15-34(2)26(36)19-14-24(41-25(19)20)27(37)35-10-8-28(31,32)9-11-35/h4-7,12-15,33H,3,8-11H2,1-2H3. The van der Waals surface area contributed by atoms with Gasteiger partial charge in [0.2, 0.25) is 10.0 Å². The van der Waals surface area contributed by atoms with Crippen molar-refractivity contribution >= 4 is 43.0 Å². The first-order valence-electron chi connectivity index (χ1n) is 12.8. The van der Waals surface area contributed by atoms with E-state index in [9.17, 15) is 35.6 Å². The average Bonchev–Trinajstić information content (AvgIpc) is 3.38. The Bertz CT molecular complexity index is 1860. The number of carbonyl (C=O) groups is 1. The molecule has 0 atom stereocenters. The van der Waals surface area contributed by atoms with E-state index in [0.717, 1.165) is 23.5 Å². The summed E-state index contributed by atoms with van der Waals surface area (Å²) in [6, 6.07) is 8.42. The molecule has 2 aromatic carbocycles. The minimum atomic E-state index is -3.69. The fourth-order valence-corrected chi connectivity index (χ4v) is 6.33. The smallest absolute Gasteiger partial charge is 0.263 e. The monoisotopic (exact) mass is 623 g/mol. The van der Waals surface area contributed by atoms with Crippen molar-refractivity contribution in [3.63, 3.8) is 0 Å². The van der Waals surface area contributed by atoms with E-state index in [0.29, 0.717) is 16.3 Å². The van der Waals surface area contributed by atoms with E-state index < -0.39 is 51.9 Å². The van der Waals surface area contributed by atoms with Crippen LogP contribution in [0.15, 0.2) is 53.5 Å². The third-order valence-electron chi connectivity index (χ3n) is 6.88. The van der Waals surface area contributed by atoms with Crippen molar-refractivity contribution in [1.82, 2.24) is 9.47 Å².